The molecule has 2 saturated heterocycles. The van der Waals surface area contributed by atoms with Crippen LogP contribution in [0.3, 0.4) is 0 Å². The van der Waals surface area contributed by atoms with Gasteiger partial charge in [-0.2, -0.15) is 0 Å². The van der Waals surface area contributed by atoms with Gasteiger partial charge in [0.25, 0.3) is 0 Å². The predicted octanol–water partition coefficient (Wildman–Crippen LogP) is 3.81. The molecule has 2 heterocycles. The van der Waals surface area contributed by atoms with Crippen molar-refractivity contribution in [3.8, 4) is 0 Å². The van der Waals surface area contributed by atoms with Gasteiger partial charge in [0.15, 0.2) is 4.27 Å². The minimum Gasteiger partial charge on any atom is -0.465 e. The number of hydrogen-bond acceptors (Lipinski definition) is 5. The van der Waals surface area contributed by atoms with Gasteiger partial charge in [0.1, 0.15) is 0 Å². The lowest BCUT2D eigenvalue weighted by atomic mass is 9.67. The van der Waals surface area contributed by atoms with E-state index in [1.807, 2.05) is 30.4 Å². The quantitative estimate of drug-likeness (QED) is 0.724. The molecule has 0 amide bonds. The summed E-state index contributed by atoms with van der Waals surface area (Å²) in [6.07, 6.45) is 7.54. The second kappa shape index (κ2) is 6.09. The van der Waals surface area contributed by atoms with Crippen molar-refractivity contribution < 1.29 is 14.3 Å². The van der Waals surface area contributed by atoms with E-state index in [1.54, 1.807) is 0 Å². The van der Waals surface area contributed by atoms with Crippen LogP contribution in [-0.2, 0) is 14.3 Å². The van der Waals surface area contributed by atoms with E-state index in [4.69, 9.17) is 9.47 Å². The van der Waals surface area contributed by atoms with Crippen LogP contribution in [0.2, 0.25) is 0 Å². The first-order valence-electron chi connectivity index (χ1n) is 7.84. The maximum absolute atomic E-state index is 12.5. The van der Waals surface area contributed by atoms with Gasteiger partial charge in [0, 0.05) is 0 Å². The van der Waals surface area contributed by atoms with Gasteiger partial charge in [-0.05, 0) is 50.5 Å². The lowest BCUT2D eigenvalue weighted by Gasteiger charge is -2.52. The van der Waals surface area contributed by atoms with Crippen molar-refractivity contribution in [1.82, 2.24) is 0 Å². The molecule has 0 radical (unpaired) electrons. The van der Waals surface area contributed by atoms with E-state index in [2.05, 4.69) is 0 Å². The van der Waals surface area contributed by atoms with E-state index in [1.165, 1.54) is 24.3 Å². The molecule has 0 aromatic heterocycles. The van der Waals surface area contributed by atoms with Gasteiger partial charge in [-0.15, -0.1) is 23.5 Å². The Morgan fingerprint density at radius 2 is 2.00 bits per heavy atom. The van der Waals surface area contributed by atoms with E-state index in [9.17, 15) is 4.79 Å². The average molecular weight is 316 g/mol. The summed E-state index contributed by atoms with van der Waals surface area (Å²) in [6.45, 7) is 2.37. The lowest BCUT2D eigenvalue weighted by molar-refractivity contribution is -0.186. The SMILES string of the molecule is CCOC(=O)[C@]12CCCC[C@H]1OC1(CC2)SCCCS1. The van der Waals surface area contributed by atoms with Gasteiger partial charge in [-0.25, -0.2) is 0 Å². The molecule has 1 spiro atoms. The van der Waals surface area contributed by atoms with E-state index in [0.717, 1.165) is 32.1 Å². The van der Waals surface area contributed by atoms with Gasteiger partial charge in [-0.3, -0.25) is 4.79 Å². The Morgan fingerprint density at radius 3 is 2.75 bits per heavy atom. The molecule has 0 bridgehead atoms. The van der Waals surface area contributed by atoms with E-state index in [-0.39, 0.29) is 21.8 Å². The number of rotatable bonds is 2. The fourth-order valence-electron chi connectivity index (χ4n) is 3.70. The summed E-state index contributed by atoms with van der Waals surface area (Å²) >= 11 is 3.91. The first kappa shape index (κ1) is 15.0. The van der Waals surface area contributed by atoms with Crippen molar-refractivity contribution in [3.63, 3.8) is 0 Å². The number of carbonyl (C=O) groups excluding carboxylic acids is 1. The van der Waals surface area contributed by atoms with Gasteiger partial charge in [-0.1, -0.05) is 12.8 Å². The van der Waals surface area contributed by atoms with Crippen molar-refractivity contribution >= 4 is 29.5 Å². The smallest absolute Gasteiger partial charge is 0.314 e. The number of thioether (sulfide) groups is 2. The van der Waals surface area contributed by atoms with Crippen LogP contribution < -0.4 is 0 Å². The van der Waals surface area contributed by atoms with Crippen LogP contribution in [0, 0.1) is 5.41 Å². The Bertz CT molecular complexity index is 368. The molecule has 0 aromatic rings. The topological polar surface area (TPSA) is 35.5 Å². The summed E-state index contributed by atoms with van der Waals surface area (Å²) in [5.41, 5.74) is -0.349. The fraction of sp³-hybridized carbons (Fsp3) is 0.933. The summed E-state index contributed by atoms with van der Waals surface area (Å²) in [5.74, 6) is 2.36. The van der Waals surface area contributed by atoms with Crippen LogP contribution >= 0.6 is 23.5 Å². The number of carbonyl (C=O) groups is 1. The van der Waals surface area contributed by atoms with Crippen LogP contribution in [-0.4, -0.2) is 34.5 Å². The third-order valence-electron chi connectivity index (χ3n) is 4.77. The average Bonchev–Trinajstić information content (AvgIpc) is 2.48. The minimum absolute atomic E-state index is 0.00893. The summed E-state index contributed by atoms with van der Waals surface area (Å²) in [7, 11) is 0. The predicted molar refractivity (Wildman–Crippen MR) is 83.9 cm³/mol. The molecular weight excluding hydrogens is 292 g/mol. The first-order valence-corrected chi connectivity index (χ1v) is 9.81. The minimum atomic E-state index is -0.349. The summed E-state index contributed by atoms with van der Waals surface area (Å²) < 4.78 is 11.8. The van der Waals surface area contributed by atoms with E-state index < -0.39 is 0 Å². The van der Waals surface area contributed by atoms with E-state index >= 15 is 0 Å². The normalized spacial score (nSPS) is 36.4. The summed E-state index contributed by atoms with van der Waals surface area (Å²) in [6, 6.07) is 0. The maximum Gasteiger partial charge on any atom is 0.314 e. The van der Waals surface area contributed by atoms with Crippen molar-refractivity contribution in [3.05, 3.63) is 0 Å². The van der Waals surface area contributed by atoms with Gasteiger partial charge < -0.3 is 9.47 Å². The Morgan fingerprint density at radius 1 is 1.20 bits per heavy atom. The molecule has 0 unspecified atom stereocenters. The summed E-state index contributed by atoms with van der Waals surface area (Å²) in [4.78, 5) is 12.5. The molecule has 3 aliphatic rings. The Hall–Kier alpha value is 0.130. The van der Waals surface area contributed by atoms with Crippen LogP contribution in [0.1, 0.15) is 51.9 Å². The van der Waals surface area contributed by atoms with Crippen LogP contribution in [0.25, 0.3) is 0 Å². The standard InChI is InChI=1S/C15H24O3S2/c1-2-17-13(16)14-7-4-3-6-12(14)18-15(9-8-14)19-10-5-11-20-15/h12H,2-11H2,1H3/t12-,14+/m1/s1. The van der Waals surface area contributed by atoms with Crippen LogP contribution in [0.4, 0.5) is 0 Å². The highest BCUT2D eigenvalue weighted by Gasteiger charge is 2.56. The van der Waals surface area contributed by atoms with Crippen molar-refractivity contribution in [2.24, 2.45) is 5.41 Å². The Labute approximate surface area is 129 Å². The zero-order valence-electron chi connectivity index (χ0n) is 12.2. The molecule has 3 fully saturated rings. The number of hydrogen-bond donors (Lipinski definition) is 0. The highest BCUT2D eigenvalue weighted by molar-refractivity contribution is 8.18. The molecule has 0 aromatic carbocycles. The molecule has 114 valence electrons. The third kappa shape index (κ3) is 2.61. The molecule has 5 heteroatoms. The lowest BCUT2D eigenvalue weighted by Crippen LogP contribution is -2.54. The molecule has 3 nitrogen and oxygen atoms in total. The van der Waals surface area contributed by atoms with Crippen LogP contribution in [0.5, 0.6) is 0 Å². The Kier molecular flexibility index (Phi) is 4.58. The zero-order chi connectivity index (χ0) is 14.1. The number of ether oxygens (including phenoxy) is 2. The number of esters is 1. The largest absolute Gasteiger partial charge is 0.465 e. The summed E-state index contributed by atoms with van der Waals surface area (Å²) in [5, 5.41) is 0. The van der Waals surface area contributed by atoms with Gasteiger partial charge in [0.2, 0.25) is 0 Å². The fourth-order valence-corrected chi connectivity index (χ4v) is 6.77. The first-order chi connectivity index (χ1) is 9.71. The van der Waals surface area contributed by atoms with E-state index in [0.29, 0.717) is 6.61 Å². The second-order valence-electron chi connectivity index (χ2n) is 5.96. The van der Waals surface area contributed by atoms with Crippen molar-refractivity contribution in [2.45, 2.75) is 62.2 Å². The van der Waals surface area contributed by atoms with Gasteiger partial charge in [0.05, 0.1) is 18.1 Å². The molecule has 1 aliphatic carbocycles. The monoisotopic (exact) mass is 316 g/mol. The highest BCUT2D eigenvalue weighted by atomic mass is 32.2. The second-order valence-corrected chi connectivity index (χ2v) is 8.93. The third-order valence-corrected chi connectivity index (χ3v) is 7.94. The van der Waals surface area contributed by atoms with Crippen molar-refractivity contribution in [2.75, 3.05) is 18.1 Å². The molecule has 2 aliphatic heterocycles. The highest BCUT2D eigenvalue weighted by Crippen LogP contribution is 2.57. The maximum atomic E-state index is 12.5. The zero-order valence-corrected chi connectivity index (χ0v) is 13.8. The molecule has 3 rings (SSSR count). The molecular formula is C15H24O3S2. The molecule has 2 atom stereocenters. The molecule has 0 N–H and O–H groups in total. The molecule has 1 saturated carbocycles. The molecule has 20 heavy (non-hydrogen) atoms. The Balaban J connectivity index is 1.78. The van der Waals surface area contributed by atoms with Crippen LogP contribution in [0.15, 0.2) is 0 Å². The van der Waals surface area contributed by atoms with Gasteiger partial charge >= 0.3 is 5.97 Å². The van der Waals surface area contributed by atoms with Crippen molar-refractivity contribution in [1.29, 1.82) is 0 Å². The number of fused-ring (bicyclic) bond motifs is 1.